The summed E-state index contributed by atoms with van der Waals surface area (Å²) in [5.41, 5.74) is 0.855. The number of carbonyl (C=O) groups is 2. The van der Waals surface area contributed by atoms with Crippen LogP contribution in [0.25, 0.3) is 0 Å². The fourth-order valence-electron chi connectivity index (χ4n) is 2.50. The number of alkyl carbamates (subject to hydrolysis) is 1. The summed E-state index contributed by atoms with van der Waals surface area (Å²) < 4.78 is 17.6. The molecule has 2 rings (SSSR count). The Morgan fingerprint density at radius 1 is 1.50 bits per heavy atom. The standard InChI is InChI=1S/C14H17FN2O3/c1-20-14(19)16-13(18)9-17-7-3-6-12(17)10-4-2-5-11(15)8-10/h2,4-5,8,12H,3,6-7,9H2,1H3,(H,16,18,19)/t12-/m1/s1. The Morgan fingerprint density at radius 2 is 2.30 bits per heavy atom. The number of halogens is 1. The van der Waals surface area contributed by atoms with Crippen LogP contribution in [0.3, 0.4) is 0 Å². The number of carbonyl (C=O) groups excluding carboxylic acids is 2. The molecule has 1 aliphatic heterocycles. The van der Waals surface area contributed by atoms with Crippen LogP contribution < -0.4 is 5.32 Å². The third-order valence-corrected chi connectivity index (χ3v) is 3.37. The number of hydrogen-bond donors (Lipinski definition) is 1. The van der Waals surface area contributed by atoms with Gasteiger partial charge in [0.05, 0.1) is 13.7 Å². The number of benzene rings is 1. The molecule has 0 bridgehead atoms. The van der Waals surface area contributed by atoms with Crippen molar-refractivity contribution in [1.29, 1.82) is 0 Å². The van der Waals surface area contributed by atoms with Crippen LogP contribution in [0.15, 0.2) is 24.3 Å². The zero-order valence-electron chi connectivity index (χ0n) is 11.3. The van der Waals surface area contributed by atoms with Gasteiger partial charge < -0.3 is 4.74 Å². The number of hydrogen-bond acceptors (Lipinski definition) is 4. The summed E-state index contributed by atoms with van der Waals surface area (Å²) in [4.78, 5) is 24.6. The van der Waals surface area contributed by atoms with Crippen molar-refractivity contribution in [2.75, 3.05) is 20.2 Å². The third-order valence-electron chi connectivity index (χ3n) is 3.37. The van der Waals surface area contributed by atoms with Crippen molar-refractivity contribution in [3.05, 3.63) is 35.6 Å². The van der Waals surface area contributed by atoms with Crippen molar-refractivity contribution in [3.63, 3.8) is 0 Å². The van der Waals surface area contributed by atoms with E-state index in [4.69, 9.17) is 0 Å². The average Bonchev–Trinajstić information content (AvgIpc) is 2.86. The number of methoxy groups -OCH3 is 1. The number of imide groups is 1. The number of nitrogens with one attached hydrogen (secondary N) is 1. The predicted molar refractivity (Wildman–Crippen MR) is 70.5 cm³/mol. The second-order valence-corrected chi connectivity index (χ2v) is 4.72. The van der Waals surface area contributed by atoms with Gasteiger partial charge in [-0.05, 0) is 37.1 Å². The van der Waals surface area contributed by atoms with Crippen LogP contribution in [0.1, 0.15) is 24.4 Å². The minimum Gasteiger partial charge on any atom is -0.453 e. The Bertz CT molecular complexity index is 507. The molecule has 0 aliphatic carbocycles. The highest BCUT2D eigenvalue weighted by molar-refractivity contribution is 5.92. The fraction of sp³-hybridized carbons (Fsp3) is 0.429. The largest absolute Gasteiger partial charge is 0.453 e. The Balaban J connectivity index is 2.01. The molecule has 0 saturated carbocycles. The monoisotopic (exact) mass is 280 g/mol. The first-order valence-corrected chi connectivity index (χ1v) is 6.47. The van der Waals surface area contributed by atoms with Gasteiger partial charge in [-0.1, -0.05) is 12.1 Å². The summed E-state index contributed by atoms with van der Waals surface area (Å²) in [6.07, 6.45) is 1.04. The van der Waals surface area contributed by atoms with Gasteiger partial charge in [-0.25, -0.2) is 9.18 Å². The lowest BCUT2D eigenvalue weighted by Gasteiger charge is -2.23. The molecular weight excluding hydrogens is 263 g/mol. The summed E-state index contributed by atoms with van der Waals surface area (Å²) in [5, 5.41) is 2.12. The minimum absolute atomic E-state index is 0.00842. The zero-order valence-corrected chi connectivity index (χ0v) is 11.3. The van der Waals surface area contributed by atoms with Crippen LogP contribution >= 0.6 is 0 Å². The van der Waals surface area contributed by atoms with Gasteiger partial charge in [0.15, 0.2) is 0 Å². The third kappa shape index (κ3) is 3.54. The molecule has 108 valence electrons. The SMILES string of the molecule is COC(=O)NC(=O)CN1CCC[C@@H]1c1cccc(F)c1. The minimum atomic E-state index is -0.767. The molecule has 2 amide bonds. The lowest BCUT2D eigenvalue weighted by Crippen LogP contribution is -2.39. The van der Waals surface area contributed by atoms with E-state index >= 15 is 0 Å². The van der Waals surface area contributed by atoms with E-state index in [1.54, 1.807) is 6.07 Å². The maximum absolute atomic E-state index is 13.3. The molecule has 6 heteroatoms. The van der Waals surface area contributed by atoms with Gasteiger partial charge in [0.1, 0.15) is 5.82 Å². The first-order chi connectivity index (χ1) is 9.60. The molecule has 0 unspecified atom stereocenters. The average molecular weight is 280 g/mol. The Labute approximate surface area is 116 Å². The van der Waals surface area contributed by atoms with E-state index in [9.17, 15) is 14.0 Å². The molecule has 0 aromatic heterocycles. The second-order valence-electron chi connectivity index (χ2n) is 4.72. The first-order valence-electron chi connectivity index (χ1n) is 6.47. The normalized spacial score (nSPS) is 18.8. The molecule has 1 aromatic rings. The predicted octanol–water partition coefficient (Wildman–Crippen LogP) is 1.85. The van der Waals surface area contributed by atoms with Gasteiger partial charge in [-0.2, -0.15) is 0 Å². The quantitative estimate of drug-likeness (QED) is 0.918. The van der Waals surface area contributed by atoms with Crippen LogP contribution in [0, 0.1) is 5.82 Å². The second kappa shape index (κ2) is 6.47. The van der Waals surface area contributed by atoms with Gasteiger partial charge in [0.2, 0.25) is 5.91 Å². The number of rotatable bonds is 3. The molecule has 0 radical (unpaired) electrons. The first kappa shape index (κ1) is 14.5. The van der Waals surface area contributed by atoms with Crippen LogP contribution in [0.2, 0.25) is 0 Å². The fourth-order valence-corrected chi connectivity index (χ4v) is 2.50. The topological polar surface area (TPSA) is 58.6 Å². The van der Waals surface area contributed by atoms with E-state index < -0.39 is 12.0 Å². The number of ether oxygens (including phenoxy) is 1. The van der Waals surface area contributed by atoms with Crippen LogP contribution in [0.4, 0.5) is 9.18 Å². The molecule has 1 fully saturated rings. The molecule has 1 N–H and O–H groups in total. The van der Waals surface area contributed by atoms with Crippen molar-refractivity contribution >= 4 is 12.0 Å². The Kier molecular flexibility index (Phi) is 4.68. The maximum atomic E-state index is 13.3. The molecule has 1 saturated heterocycles. The van der Waals surface area contributed by atoms with E-state index in [0.717, 1.165) is 24.9 Å². The van der Waals surface area contributed by atoms with Crippen molar-refractivity contribution in [3.8, 4) is 0 Å². The van der Waals surface area contributed by atoms with Crippen molar-refractivity contribution in [2.45, 2.75) is 18.9 Å². The van der Waals surface area contributed by atoms with Crippen LogP contribution in [0.5, 0.6) is 0 Å². The smallest absolute Gasteiger partial charge is 0.413 e. The molecule has 20 heavy (non-hydrogen) atoms. The summed E-state index contributed by atoms with van der Waals surface area (Å²) in [7, 11) is 1.20. The number of likely N-dealkylation sites (tertiary alicyclic amines) is 1. The van der Waals surface area contributed by atoms with Crippen molar-refractivity contribution in [2.24, 2.45) is 0 Å². The molecular formula is C14H17FN2O3. The highest BCUT2D eigenvalue weighted by atomic mass is 19.1. The molecule has 1 heterocycles. The Hall–Kier alpha value is -1.95. The summed E-state index contributed by atoms with van der Waals surface area (Å²) in [5.74, 6) is -0.700. The lowest BCUT2D eigenvalue weighted by atomic mass is 10.0. The van der Waals surface area contributed by atoms with E-state index in [2.05, 4.69) is 10.1 Å². The van der Waals surface area contributed by atoms with Crippen molar-refractivity contribution < 1.29 is 18.7 Å². The number of amides is 2. The maximum Gasteiger partial charge on any atom is 0.413 e. The lowest BCUT2D eigenvalue weighted by molar-refractivity contribution is -0.121. The van der Waals surface area contributed by atoms with Crippen LogP contribution in [-0.4, -0.2) is 37.1 Å². The number of nitrogens with zero attached hydrogens (tertiary/aromatic N) is 1. The van der Waals surface area contributed by atoms with Crippen LogP contribution in [-0.2, 0) is 9.53 Å². The summed E-state index contributed by atoms with van der Waals surface area (Å²) in [6, 6.07) is 6.41. The summed E-state index contributed by atoms with van der Waals surface area (Å²) >= 11 is 0. The van der Waals surface area contributed by atoms with Gasteiger partial charge in [0.25, 0.3) is 0 Å². The van der Waals surface area contributed by atoms with Crippen molar-refractivity contribution in [1.82, 2.24) is 10.2 Å². The van der Waals surface area contributed by atoms with Gasteiger partial charge >= 0.3 is 6.09 Å². The molecule has 1 atom stereocenters. The Morgan fingerprint density at radius 3 is 3.00 bits per heavy atom. The van der Waals surface area contributed by atoms with E-state index in [1.165, 1.54) is 19.2 Å². The van der Waals surface area contributed by atoms with E-state index in [-0.39, 0.29) is 18.4 Å². The molecule has 1 aliphatic rings. The summed E-state index contributed by atoms with van der Waals surface area (Å²) in [6.45, 7) is 0.839. The molecule has 1 aromatic carbocycles. The highest BCUT2D eigenvalue weighted by Crippen LogP contribution is 2.31. The highest BCUT2D eigenvalue weighted by Gasteiger charge is 2.28. The molecule has 0 spiro atoms. The zero-order chi connectivity index (χ0) is 14.5. The van der Waals surface area contributed by atoms with Gasteiger partial charge in [-0.3, -0.25) is 15.0 Å². The van der Waals surface area contributed by atoms with E-state index in [0.29, 0.717) is 0 Å². The van der Waals surface area contributed by atoms with Gasteiger partial charge in [-0.15, -0.1) is 0 Å². The van der Waals surface area contributed by atoms with E-state index in [1.807, 2.05) is 11.0 Å². The molecule has 5 nitrogen and oxygen atoms in total. The van der Waals surface area contributed by atoms with Gasteiger partial charge in [0, 0.05) is 6.04 Å².